The van der Waals surface area contributed by atoms with Crippen molar-refractivity contribution in [3.05, 3.63) is 83.4 Å². The van der Waals surface area contributed by atoms with Gasteiger partial charge < -0.3 is 10.6 Å². The number of para-hydroxylation sites is 1. The molecule has 2 heterocycles. The molecule has 1 amide bonds. The molecule has 0 radical (unpaired) electrons. The first kappa shape index (κ1) is 16.0. The first-order valence-corrected chi connectivity index (χ1v) is 7.76. The molecule has 120 valence electrons. The van der Waals surface area contributed by atoms with Gasteiger partial charge >= 0.3 is 0 Å². The zero-order valence-electron chi connectivity index (χ0n) is 12.7. The summed E-state index contributed by atoms with van der Waals surface area (Å²) < 4.78 is 0. The predicted octanol–water partition coefficient (Wildman–Crippen LogP) is 3.80. The highest BCUT2D eigenvalue weighted by Gasteiger charge is 2.09. The Labute approximate surface area is 144 Å². The summed E-state index contributed by atoms with van der Waals surface area (Å²) in [6.45, 7) is 0.351. The minimum Gasteiger partial charge on any atom is -0.354 e. The van der Waals surface area contributed by atoms with Crippen LogP contribution in [0.1, 0.15) is 16.2 Å². The lowest BCUT2D eigenvalue weighted by Crippen LogP contribution is -2.24. The van der Waals surface area contributed by atoms with E-state index >= 15 is 0 Å². The highest BCUT2D eigenvalue weighted by atomic mass is 35.5. The van der Waals surface area contributed by atoms with Gasteiger partial charge in [0.05, 0.1) is 22.9 Å². The number of amides is 1. The number of halogens is 1. The molecular formula is C18H15ClN4O. The fraction of sp³-hybridized carbons (Fsp3) is 0.0556. The Morgan fingerprint density at radius 3 is 2.62 bits per heavy atom. The Bertz CT molecular complexity index is 839. The van der Waals surface area contributed by atoms with E-state index in [9.17, 15) is 4.79 Å². The number of nitrogens with zero attached hydrogens (tertiary/aromatic N) is 2. The highest BCUT2D eigenvalue weighted by Crippen LogP contribution is 2.24. The summed E-state index contributed by atoms with van der Waals surface area (Å²) >= 11 is 6.13. The zero-order chi connectivity index (χ0) is 16.8. The van der Waals surface area contributed by atoms with Gasteiger partial charge in [-0.15, -0.1) is 0 Å². The van der Waals surface area contributed by atoms with Crippen molar-refractivity contribution in [2.75, 3.05) is 5.32 Å². The van der Waals surface area contributed by atoms with Crippen LogP contribution in [0.25, 0.3) is 0 Å². The lowest BCUT2D eigenvalue weighted by atomic mass is 10.2. The largest absolute Gasteiger partial charge is 0.354 e. The van der Waals surface area contributed by atoms with E-state index < -0.39 is 0 Å². The zero-order valence-corrected chi connectivity index (χ0v) is 13.5. The van der Waals surface area contributed by atoms with Crippen molar-refractivity contribution in [3.8, 4) is 0 Å². The number of benzene rings is 1. The number of nitrogens with one attached hydrogen (secondary N) is 2. The first-order valence-electron chi connectivity index (χ1n) is 7.38. The summed E-state index contributed by atoms with van der Waals surface area (Å²) in [4.78, 5) is 20.5. The summed E-state index contributed by atoms with van der Waals surface area (Å²) in [6, 6.07) is 16.4. The van der Waals surface area contributed by atoms with Crippen LogP contribution in [0.2, 0.25) is 5.02 Å². The number of carbonyl (C=O) groups excluding carboxylic acids is 1. The van der Waals surface area contributed by atoms with Crippen LogP contribution in [-0.4, -0.2) is 15.9 Å². The number of hydrogen-bond acceptors (Lipinski definition) is 4. The normalized spacial score (nSPS) is 10.2. The second-order valence-electron chi connectivity index (χ2n) is 5.04. The predicted molar refractivity (Wildman–Crippen MR) is 94.4 cm³/mol. The van der Waals surface area contributed by atoms with Crippen molar-refractivity contribution >= 4 is 28.9 Å². The second kappa shape index (κ2) is 7.57. The summed E-state index contributed by atoms with van der Waals surface area (Å²) in [5.74, 6) is -0.261. The van der Waals surface area contributed by atoms with E-state index in [0.717, 1.165) is 17.1 Å². The van der Waals surface area contributed by atoms with Crippen LogP contribution in [0.15, 0.2) is 67.0 Å². The van der Waals surface area contributed by atoms with Crippen molar-refractivity contribution in [2.24, 2.45) is 0 Å². The Kier molecular flexibility index (Phi) is 5.03. The van der Waals surface area contributed by atoms with Crippen LogP contribution in [-0.2, 0) is 6.54 Å². The molecule has 0 fully saturated rings. The van der Waals surface area contributed by atoms with Gasteiger partial charge in [-0.25, -0.2) is 0 Å². The molecule has 0 saturated heterocycles. The molecular weight excluding hydrogens is 324 g/mol. The molecule has 3 aromatic rings. The molecule has 0 bridgehead atoms. The number of rotatable bonds is 5. The Balaban J connectivity index is 1.68. The van der Waals surface area contributed by atoms with Crippen molar-refractivity contribution < 1.29 is 4.79 Å². The van der Waals surface area contributed by atoms with E-state index in [4.69, 9.17) is 11.6 Å². The molecule has 0 atom stereocenters. The summed E-state index contributed by atoms with van der Waals surface area (Å²) in [7, 11) is 0. The van der Waals surface area contributed by atoms with Crippen LogP contribution >= 0.6 is 11.6 Å². The lowest BCUT2D eigenvalue weighted by Gasteiger charge is -2.09. The fourth-order valence-electron chi connectivity index (χ4n) is 2.11. The van der Waals surface area contributed by atoms with Gasteiger partial charge in [0.15, 0.2) is 0 Å². The molecule has 5 nitrogen and oxygen atoms in total. The maximum atomic E-state index is 12.2. The van der Waals surface area contributed by atoms with Gasteiger partial charge in [-0.2, -0.15) is 0 Å². The smallest absolute Gasteiger partial charge is 0.270 e. The summed E-state index contributed by atoms with van der Waals surface area (Å²) in [6.07, 6.45) is 3.27. The van der Waals surface area contributed by atoms with Crippen LogP contribution in [0, 0.1) is 0 Å². The van der Waals surface area contributed by atoms with E-state index in [1.54, 1.807) is 30.6 Å². The summed E-state index contributed by atoms with van der Waals surface area (Å²) in [5.41, 5.74) is 2.62. The van der Waals surface area contributed by atoms with Crippen molar-refractivity contribution in [1.29, 1.82) is 0 Å². The molecule has 2 aromatic heterocycles. The van der Waals surface area contributed by atoms with Gasteiger partial charge in [-0.3, -0.25) is 14.8 Å². The van der Waals surface area contributed by atoms with Gasteiger partial charge in [0, 0.05) is 18.1 Å². The van der Waals surface area contributed by atoms with Crippen LogP contribution in [0.3, 0.4) is 0 Å². The van der Waals surface area contributed by atoms with Crippen molar-refractivity contribution in [2.45, 2.75) is 6.54 Å². The molecule has 0 aliphatic carbocycles. The number of carbonyl (C=O) groups is 1. The third-order valence-electron chi connectivity index (χ3n) is 3.30. The molecule has 2 N–H and O–H groups in total. The first-order chi connectivity index (χ1) is 11.7. The maximum Gasteiger partial charge on any atom is 0.270 e. The lowest BCUT2D eigenvalue weighted by molar-refractivity contribution is 0.0945. The molecule has 0 aliphatic rings. The molecule has 0 saturated carbocycles. The minimum atomic E-state index is -0.261. The van der Waals surface area contributed by atoms with Crippen LogP contribution in [0.5, 0.6) is 0 Å². The Morgan fingerprint density at radius 1 is 1.00 bits per heavy atom. The number of pyridine rings is 2. The fourth-order valence-corrected chi connectivity index (χ4v) is 2.30. The average Bonchev–Trinajstić information content (AvgIpc) is 2.63. The van der Waals surface area contributed by atoms with Gasteiger partial charge in [-0.1, -0.05) is 29.8 Å². The molecule has 24 heavy (non-hydrogen) atoms. The highest BCUT2D eigenvalue weighted by molar-refractivity contribution is 6.33. The van der Waals surface area contributed by atoms with Gasteiger partial charge in [0.1, 0.15) is 5.69 Å². The monoisotopic (exact) mass is 338 g/mol. The topological polar surface area (TPSA) is 66.9 Å². The van der Waals surface area contributed by atoms with E-state index in [2.05, 4.69) is 20.6 Å². The van der Waals surface area contributed by atoms with Gasteiger partial charge in [-0.05, 0) is 36.4 Å². The molecule has 1 aromatic carbocycles. The Morgan fingerprint density at radius 2 is 1.83 bits per heavy atom. The molecule has 0 aliphatic heterocycles. The van der Waals surface area contributed by atoms with Gasteiger partial charge in [0.25, 0.3) is 5.91 Å². The van der Waals surface area contributed by atoms with E-state index in [1.165, 1.54) is 0 Å². The van der Waals surface area contributed by atoms with E-state index in [1.807, 2.05) is 36.4 Å². The molecule has 3 rings (SSSR count). The number of hydrogen-bond donors (Lipinski definition) is 2. The summed E-state index contributed by atoms with van der Waals surface area (Å²) in [5, 5.41) is 6.58. The average molecular weight is 339 g/mol. The van der Waals surface area contributed by atoms with E-state index in [-0.39, 0.29) is 5.91 Å². The number of aromatic nitrogens is 2. The molecule has 0 unspecified atom stereocenters. The Hall–Kier alpha value is -2.92. The van der Waals surface area contributed by atoms with E-state index in [0.29, 0.717) is 17.3 Å². The van der Waals surface area contributed by atoms with Gasteiger partial charge in [0.2, 0.25) is 0 Å². The second-order valence-corrected chi connectivity index (χ2v) is 5.45. The standard InChI is InChI=1S/C18H15ClN4O/c19-15-6-1-2-7-16(15)23-13-8-10-21-17(11-13)18(24)22-12-14-5-3-4-9-20-14/h1-11H,12H2,(H,21,23)(H,22,24). The third kappa shape index (κ3) is 4.08. The van der Waals surface area contributed by atoms with Crippen molar-refractivity contribution in [3.63, 3.8) is 0 Å². The maximum absolute atomic E-state index is 12.2. The minimum absolute atomic E-state index is 0.261. The molecule has 6 heteroatoms. The van der Waals surface area contributed by atoms with Crippen LogP contribution < -0.4 is 10.6 Å². The molecule has 0 spiro atoms. The van der Waals surface area contributed by atoms with Crippen LogP contribution in [0.4, 0.5) is 11.4 Å². The third-order valence-corrected chi connectivity index (χ3v) is 3.63. The quantitative estimate of drug-likeness (QED) is 0.742. The number of anilines is 2. The van der Waals surface area contributed by atoms with Crippen molar-refractivity contribution in [1.82, 2.24) is 15.3 Å². The SMILES string of the molecule is O=C(NCc1ccccn1)c1cc(Nc2ccccc2Cl)ccn1.